The number of hydrogen-bond acceptors (Lipinski definition) is 4. The van der Waals surface area contributed by atoms with Crippen LogP contribution in [0.15, 0.2) is 53.1 Å². The average Bonchev–Trinajstić information content (AvgIpc) is 2.97. The lowest BCUT2D eigenvalue weighted by atomic mass is 9.80. The van der Waals surface area contributed by atoms with Gasteiger partial charge in [-0.2, -0.15) is 0 Å². The molecule has 0 radical (unpaired) electrons. The van der Waals surface area contributed by atoms with E-state index in [9.17, 15) is 5.11 Å². The molecule has 0 bridgehead atoms. The minimum absolute atomic E-state index is 0.387. The monoisotopic (exact) mass is 347 g/mol. The number of rotatable bonds is 4. The fourth-order valence-electron chi connectivity index (χ4n) is 3.07. The van der Waals surface area contributed by atoms with Gasteiger partial charge in [-0.25, -0.2) is 4.98 Å². The third kappa shape index (κ3) is 2.68. The third-order valence-corrected chi connectivity index (χ3v) is 5.41. The van der Waals surface area contributed by atoms with Gasteiger partial charge in [0, 0.05) is 22.4 Å². The molecule has 132 valence electrons. The van der Waals surface area contributed by atoms with Gasteiger partial charge in [0.15, 0.2) is 0 Å². The zero-order valence-electron chi connectivity index (χ0n) is 15.5. The van der Waals surface area contributed by atoms with E-state index in [0.717, 1.165) is 32.6 Å². The van der Waals surface area contributed by atoms with E-state index in [1.807, 2.05) is 38.1 Å². The molecule has 5 heteroatoms. The summed E-state index contributed by atoms with van der Waals surface area (Å²) in [4.78, 5) is 4.34. The maximum Gasteiger partial charge on any atom is 0.310 e. The minimum Gasteiger partial charge on any atom is -0.437 e. The van der Waals surface area contributed by atoms with Crippen LogP contribution in [0.25, 0.3) is 32.8 Å². The molecule has 4 nitrogen and oxygen atoms in total. The zero-order chi connectivity index (χ0) is 18.5. The van der Waals surface area contributed by atoms with Crippen LogP contribution >= 0.6 is 0 Å². The van der Waals surface area contributed by atoms with E-state index in [-0.39, 0.29) is 0 Å². The van der Waals surface area contributed by atoms with Crippen LogP contribution in [-0.4, -0.2) is 28.8 Å². The fourth-order valence-corrected chi connectivity index (χ4v) is 3.07. The minimum atomic E-state index is -0.948. The molecule has 0 fully saturated rings. The van der Waals surface area contributed by atoms with Crippen molar-refractivity contribution in [3.63, 3.8) is 0 Å². The van der Waals surface area contributed by atoms with E-state index in [1.165, 1.54) is 0 Å². The van der Waals surface area contributed by atoms with Crippen LogP contribution in [0.1, 0.15) is 27.7 Å². The maximum atomic E-state index is 10.4. The molecule has 0 aliphatic rings. The summed E-state index contributed by atoms with van der Waals surface area (Å²) < 4.78 is 12.2. The highest BCUT2D eigenvalue weighted by atomic mass is 16.5. The van der Waals surface area contributed by atoms with Gasteiger partial charge in [-0.15, -0.1) is 0 Å². The molecule has 0 aliphatic heterocycles. The van der Waals surface area contributed by atoms with E-state index >= 15 is 0 Å². The molecular weight excluding hydrogens is 325 g/mol. The number of furan rings is 1. The Hall–Kier alpha value is -2.37. The molecule has 0 spiro atoms. The van der Waals surface area contributed by atoms with Crippen molar-refractivity contribution in [1.29, 1.82) is 0 Å². The first-order valence-electron chi connectivity index (χ1n) is 8.82. The van der Waals surface area contributed by atoms with Gasteiger partial charge in [0.25, 0.3) is 0 Å². The van der Waals surface area contributed by atoms with Crippen LogP contribution in [0.2, 0.25) is 0 Å². The number of pyridine rings is 1. The van der Waals surface area contributed by atoms with Crippen molar-refractivity contribution < 1.29 is 14.2 Å². The van der Waals surface area contributed by atoms with Gasteiger partial charge in [-0.1, -0.05) is 24.3 Å². The molecule has 2 aromatic heterocycles. The lowest BCUT2D eigenvalue weighted by Gasteiger charge is -2.37. The van der Waals surface area contributed by atoms with E-state index in [1.54, 1.807) is 20.0 Å². The van der Waals surface area contributed by atoms with Crippen molar-refractivity contribution in [2.75, 3.05) is 0 Å². The maximum absolute atomic E-state index is 10.4. The van der Waals surface area contributed by atoms with E-state index in [2.05, 4.69) is 23.2 Å². The Bertz CT molecular complexity index is 1110. The van der Waals surface area contributed by atoms with Gasteiger partial charge >= 0.3 is 7.48 Å². The highest BCUT2D eigenvalue weighted by Gasteiger charge is 2.35. The smallest absolute Gasteiger partial charge is 0.310 e. The standard InChI is InChI=1S/C21H22BNO3/c1-20(2,24)21(3,4)26-22-16-9-5-7-13-10-11-14-15-8-6-12-23-19(15)25-18(14)17(13)16/h5-12,22,24H,1-4H3. The summed E-state index contributed by atoms with van der Waals surface area (Å²) >= 11 is 0. The second-order valence-corrected chi connectivity index (χ2v) is 7.77. The predicted octanol–water partition coefficient (Wildman–Crippen LogP) is 3.68. The highest BCUT2D eigenvalue weighted by molar-refractivity contribution is 6.53. The van der Waals surface area contributed by atoms with Crippen molar-refractivity contribution in [3.05, 3.63) is 48.7 Å². The number of hydrogen-bond donors (Lipinski definition) is 1. The molecular formula is C21H22BNO3. The molecule has 1 N–H and O–H groups in total. The molecule has 0 amide bonds. The fraction of sp³-hybridized carbons (Fsp3) is 0.286. The van der Waals surface area contributed by atoms with Crippen molar-refractivity contribution in [1.82, 2.24) is 4.98 Å². The van der Waals surface area contributed by atoms with Gasteiger partial charge in [-0.3, -0.25) is 0 Å². The van der Waals surface area contributed by atoms with E-state index in [4.69, 9.17) is 9.07 Å². The molecule has 0 saturated heterocycles. The van der Waals surface area contributed by atoms with Gasteiger partial charge < -0.3 is 14.2 Å². The van der Waals surface area contributed by atoms with E-state index in [0.29, 0.717) is 13.2 Å². The first-order chi connectivity index (χ1) is 12.3. The summed E-state index contributed by atoms with van der Waals surface area (Å²) in [6.45, 7) is 7.33. The van der Waals surface area contributed by atoms with Crippen LogP contribution in [0.5, 0.6) is 0 Å². The number of nitrogens with zero attached hydrogens (tertiary/aromatic N) is 1. The first-order valence-corrected chi connectivity index (χ1v) is 8.82. The number of benzene rings is 2. The molecule has 0 unspecified atom stereocenters. The summed E-state index contributed by atoms with van der Waals surface area (Å²) in [7, 11) is 0.387. The van der Waals surface area contributed by atoms with Gasteiger partial charge in [0.1, 0.15) is 5.58 Å². The molecule has 0 saturated carbocycles. The molecule has 0 aliphatic carbocycles. The summed E-state index contributed by atoms with van der Waals surface area (Å²) in [5.74, 6) is 0. The van der Waals surface area contributed by atoms with Crippen LogP contribution < -0.4 is 5.46 Å². The van der Waals surface area contributed by atoms with Crippen molar-refractivity contribution in [2.45, 2.75) is 38.9 Å². The normalized spacial score (nSPS) is 13.0. The molecule has 26 heavy (non-hydrogen) atoms. The Balaban J connectivity index is 1.87. The van der Waals surface area contributed by atoms with Crippen molar-refractivity contribution in [3.8, 4) is 0 Å². The Morgan fingerprint density at radius 2 is 1.81 bits per heavy atom. The second kappa shape index (κ2) is 5.83. The van der Waals surface area contributed by atoms with Gasteiger partial charge in [-0.05, 0) is 56.7 Å². The second-order valence-electron chi connectivity index (χ2n) is 7.77. The molecule has 4 rings (SSSR count). The topological polar surface area (TPSA) is 55.5 Å². The quantitative estimate of drug-likeness (QED) is 0.572. The summed E-state index contributed by atoms with van der Waals surface area (Å²) in [6.07, 6.45) is 1.74. The van der Waals surface area contributed by atoms with Crippen LogP contribution in [0.4, 0.5) is 0 Å². The van der Waals surface area contributed by atoms with Crippen LogP contribution in [0, 0.1) is 0 Å². The SMILES string of the molecule is CC(C)(O)C(C)(C)OBc1cccc2ccc3c4cccnc4oc3c12. The Morgan fingerprint density at radius 1 is 1.00 bits per heavy atom. The largest absolute Gasteiger partial charge is 0.437 e. The van der Waals surface area contributed by atoms with Crippen molar-refractivity contribution in [2.24, 2.45) is 0 Å². The third-order valence-electron chi connectivity index (χ3n) is 5.41. The van der Waals surface area contributed by atoms with Crippen molar-refractivity contribution >= 4 is 45.8 Å². The number of aliphatic hydroxyl groups is 1. The molecule has 2 heterocycles. The molecule has 0 atom stereocenters. The summed E-state index contributed by atoms with van der Waals surface area (Å²) in [6, 6.07) is 14.3. The van der Waals surface area contributed by atoms with E-state index < -0.39 is 11.2 Å². The first kappa shape index (κ1) is 17.1. The summed E-state index contributed by atoms with van der Waals surface area (Å²) in [5, 5.41) is 14.5. The lowest BCUT2D eigenvalue weighted by Crippen LogP contribution is -2.49. The summed E-state index contributed by atoms with van der Waals surface area (Å²) in [5.41, 5.74) is 0.873. The number of fused-ring (bicyclic) bond motifs is 5. The molecule has 4 aromatic rings. The van der Waals surface area contributed by atoms with Gasteiger partial charge in [0.2, 0.25) is 5.71 Å². The van der Waals surface area contributed by atoms with Crippen LogP contribution in [0.3, 0.4) is 0 Å². The number of aromatic nitrogens is 1. The van der Waals surface area contributed by atoms with Gasteiger partial charge in [0.05, 0.1) is 11.2 Å². The van der Waals surface area contributed by atoms with Crippen LogP contribution in [-0.2, 0) is 4.65 Å². The molecule has 2 aromatic carbocycles. The Kier molecular flexibility index (Phi) is 3.83. The predicted molar refractivity (Wildman–Crippen MR) is 107 cm³/mol. The Labute approximate surface area is 153 Å². The lowest BCUT2D eigenvalue weighted by molar-refractivity contribution is -0.0893. The average molecular weight is 347 g/mol. The highest BCUT2D eigenvalue weighted by Crippen LogP contribution is 2.32. The zero-order valence-corrected chi connectivity index (χ0v) is 15.5. The Morgan fingerprint density at radius 3 is 2.58 bits per heavy atom.